The van der Waals surface area contributed by atoms with Crippen molar-refractivity contribution in [1.29, 1.82) is 0 Å². The van der Waals surface area contributed by atoms with Crippen LogP contribution in [-0.2, 0) is 38.3 Å². The summed E-state index contributed by atoms with van der Waals surface area (Å²) in [4.78, 5) is 12.1. The fraction of sp³-hybridized carbons (Fsp3) is 0.970. The highest BCUT2D eigenvalue weighted by molar-refractivity contribution is 7.92. The molecule has 3 aliphatic rings. The van der Waals surface area contributed by atoms with Crippen LogP contribution in [0.3, 0.4) is 0 Å². The van der Waals surface area contributed by atoms with Gasteiger partial charge in [0.05, 0.1) is 48.1 Å². The average Bonchev–Trinajstić information content (AvgIpc) is 3.55. The molecule has 0 radical (unpaired) electrons. The summed E-state index contributed by atoms with van der Waals surface area (Å²) in [6, 6.07) is -0.529. The van der Waals surface area contributed by atoms with Crippen LogP contribution in [0.2, 0.25) is 0 Å². The quantitative estimate of drug-likeness (QED) is 0.115. The molecule has 46 heavy (non-hydrogen) atoms. The van der Waals surface area contributed by atoms with Crippen molar-refractivity contribution < 1.29 is 46.8 Å². The molecule has 1 saturated heterocycles. The van der Waals surface area contributed by atoms with Crippen molar-refractivity contribution in [3.8, 4) is 0 Å². The van der Waals surface area contributed by atoms with Gasteiger partial charge in [-0.2, -0.15) is 0 Å². The first-order chi connectivity index (χ1) is 22.1. The number of carbonyl (C=O) groups is 1. The van der Waals surface area contributed by atoms with Crippen molar-refractivity contribution in [1.82, 2.24) is 10.4 Å². The Hall–Kier alpha value is -1.06. The summed E-state index contributed by atoms with van der Waals surface area (Å²) in [5, 5.41) is 12.6. The van der Waals surface area contributed by atoms with E-state index in [0.29, 0.717) is 50.5 Å². The second kappa shape index (κ2) is 19.8. The Morgan fingerprint density at radius 3 is 2.00 bits per heavy atom. The number of rotatable bonds is 19. The predicted octanol–water partition coefficient (Wildman–Crippen LogP) is 4.36. The number of hydroxylamine groups is 2. The summed E-state index contributed by atoms with van der Waals surface area (Å²) >= 11 is 0. The number of unbranched alkanes of at least 4 members (excludes halogenated alkanes) is 1. The van der Waals surface area contributed by atoms with E-state index in [-0.39, 0.29) is 54.7 Å². The van der Waals surface area contributed by atoms with Crippen LogP contribution in [0.25, 0.3) is 0 Å². The highest BCUT2D eigenvalue weighted by Crippen LogP contribution is 2.43. The van der Waals surface area contributed by atoms with Gasteiger partial charge in [-0.15, -0.1) is 0 Å². The zero-order chi connectivity index (χ0) is 33.7. The number of ether oxygens (including phenoxy) is 6. The normalized spacial score (nSPS) is 33.6. The van der Waals surface area contributed by atoms with E-state index in [1.807, 2.05) is 20.8 Å². The lowest BCUT2D eigenvalue weighted by Gasteiger charge is -2.43. The lowest BCUT2D eigenvalue weighted by molar-refractivity contribution is -0.159. The van der Waals surface area contributed by atoms with E-state index < -0.39 is 33.3 Å². The summed E-state index contributed by atoms with van der Waals surface area (Å²) in [6.07, 6.45) is 6.73. The van der Waals surface area contributed by atoms with Gasteiger partial charge in [0.25, 0.3) is 0 Å². The van der Waals surface area contributed by atoms with E-state index in [1.165, 1.54) is 0 Å². The van der Waals surface area contributed by atoms with Crippen molar-refractivity contribution in [2.45, 2.75) is 139 Å². The van der Waals surface area contributed by atoms with Crippen molar-refractivity contribution >= 4 is 15.9 Å². The van der Waals surface area contributed by atoms with Crippen LogP contribution in [0.5, 0.6) is 0 Å². The molecule has 0 aromatic rings. The third-order valence-electron chi connectivity index (χ3n) is 9.97. The molecule has 2 aliphatic carbocycles. The van der Waals surface area contributed by atoms with Crippen LogP contribution in [0.4, 0.5) is 4.79 Å². The Balaban J connectivity index is 1.69. The zero-order valence-corrected chi connectivity index (χ0v) is 29.9. The topological polar surface area (TPSA) is 142 Å². The Morgan fingerprint density at radius 2 is 1.43 bits per heavy atom. The van der Waals surface area contributed by atoms with Gasteiger partial charge in [0, 0.05) is 41.1 Å². The van der Waals surface area contributed by atoms with Gasteiger partial charge in [0.15, 0.2) is 9.84 Å². The summed E-state index contributed by atoms with van der Waals surface area (Å²) in [6.45, 7) is 7.30. The molecule has 2 amide bonds. The SMILES string of the molecule is CCCCN(O)C(=O)NCCCOC1CC([C@@H]2CC[C@@H](C3CC(OC)C(OC)C(OC)C3)O2)CC(S(=O)(=O)CCC)C1OCCC. The maximum Gasteiger partial charge on any atom is 0.341 e. The second-order valence-corrected chi connectivity index (χ2v) is 15.6. The maximum absolute atomic E-state index is 13.7. The predicted molar refractivity (Wildman–Crippen MR) is 175 cm³/mol. The fourth-order valence-electron chi connectivity index (χ4n) is 7.58. The highest BCUT2D eigenvalue weighted by atomic mass is 32.2. The van der Waals surface area contributed by atoms with Crippen LogP contribution in [-0.4, -0.2) is 126 Å². The lowest BCUT2D eigenvalue weighted by atomic mass is 9.79. The number of urea groups is 1. The molecule has 1 heterocycles. The van der Waals surface area contributed by atoms with Crippen molar-refractivity contribution in [2.24, 2.45) is 11.8 Å². The van der Waals surface area contributed by atoms with Gasteiger partial charge >= 0.3 is 6.03 Å². The molecule has 3 fully saturated rings. The van der Waals surface area contributed by atoms with Crippen LogP contribution < -0.4 is 5.32 Å². The summed E-state index contributed by atoms with van der Waals surface area (Å²) in [5.41, 5.74) is 0. The number of carbonyl (C=O) groups excluding carboxylic acids is 1. The molecule has 2 N–H and O–H groups in total. The van der Waals surface area contributed by atoms with E-state index in [2.05, 4.69) is 5.32 Å². The molecule has 0 aromatic carbocycles. The van der Waals surface area contributed by atoms with E-state index in [0.717, 1.165) is 44.9 Å². The van der Waals surface area contributed by atoms with Crippen LogP contribution >= 0.6 is 0 Å². The van der Waals surface area contributed by atoms with Gasteiger partial charge < -0.3 is 33.7 Å². The van der Waals surface area contributed by atoms with Crippen molar-refractivity contribution in [3.63, 3.8) is 0 Å². The third-order valence-corrected chi connectivity index (χ3v) is 12.3. The number of amides is 2. The molecule has 12 nitrogen and oxygen atoms in total. The summed E-state index contributed by atoms with van der Waals surface area (Å²) in [5.74, 6) is 0.383. The minimum absolute atomic E-state index is 0.0149. The van der Waals surface area contributed by atoms with Gasteiger partial charge in [-0.05, 0) is 76.0 Å². The summed E-state index contributed by atoms with van der Waals surface area (Å²) < 4.78 is 64.1. The molecular weight excluding hydrogens is 616 g/mol. The number of sulfone groups is 1. The number of hydrogen-bond donors (Lipinski definition) is 2. The van der Waals surface area contributed by atoms with Gasteiger partial charge in [-0.25, -0.2) is 18.3 Å². The molecule has 0 aromatic heterocycles. The molecule has 270 valence electrons. The molecule has 0 bridgehead atoms. The van der Waals surface area contributed by atoms with Crippen molar-refractivity contribution in [2.75, 3.05) is 53.4 Å². The molecule has 1 aliphatic heterocycles. The number of hydrogen-bond acceptors (Lipinski definition) is 10. The Morgan fingerprint density at radius 1 is 0.804 bits per heavy atom. The lowest BCUT2D eigenvalue weighted by Crippen LogP contribution is -2.53. The largest absolute Gasteiger partial charge is 0.379 e. The average molecular weight is 679 g/mol. The van der Waals surface area contributed by atoms with E-state index in [1.54, 1.807) is 21.3 Å². The molecular formula is C33H62N2O10S. The fourth-order valence-corrected chi connectivity index (χ4v) is 9.65. The first kappa shape index (κ1) is 39.4. The minimum Gasteiger partial charge on any atom is -0.379 e. The second-order valence-electron chi connectivity index (χ2n) is 13.2. The standard InChI is InChI=1S/C33H62N2O10S/c1-7-10-15-35(37)33(36)34-14-11-17-43-29-21-24(22-30(32(29)44-16-8-2)46(38,39)18-9-3)26-13-12-25(45-26)23-19-27(40-4)31(42-6)28(20-23)41-5/h23-32,37H,7-22H2,1-6H3,(H,34,36)/t23?,24?,25-,26-,27?,28?,29?,30?,31?,32?/m0/s1. The molecule has 0 spiro atoms. The van der Waals surface area contributed by atoms with E-state index in [9.17, 15) is 18.4 Å². The minimum atomic E-state index is -3.43. The maximum atomic E-state index is 13.7. The smallest absolute Gasteiger partial charge is 0.341 e. The van der Waals surface area contributed by atoms with Crippen LogP contribution in [0, 0.1) is 11.8 Å². The van der Waals surface area contributed by atoms with Crippen LogP contribution in [0.1, 0.15) is 91.4 Å². The van der Waals surface area contributed by atoms with Crippen molar-refractivity contribution in [3.05, 3.63) is 0 Å². The highest BCUT2D eigenvalue weighted by Gasteiger charge is 2.50. The van der Waals surface area contributed by atoms with E-state index >= 15 is 0 Å². The van der Waals surface area contributed by atoms with Gasteiger partial charge in [0.2, 0.25) is 0 Å². The van der Waals surface area contributed by atoms with Gasteiger partial charge in [-0.3, -0.25) is 5.21 Å². The molecule has 8 atom stereocenters. The number of nitrogens with zero attached hydrogens (tertiary/aromatic N) is 1. The number of nitrogens with one attached hydrogen (secondary N) is 1. The zero-order valence-electron chi connectivity index (χ0n) is 29.1. The first-order valence-electron chi connectivity index (χ1n) is 17.6. The third kappa shape index (κ3) is 10.7. The monoisotopic (exact) mass is 678 g/mol. The molecule has 2 saturated carbocycles. The molecule has 13 heteroatoms. The molecule has 6 unspecified atom stereocenters. The Kier molecular flexibility index (Phi) is 17.0. The van der Waals surface area contributed by atoms with Crippen LogP contribution in [0.15, 0.2) is 0 Å². The molecule has 3 rings (SSSR count). The number of methoxy groups -OCH3 is 3. The van der Waals surface area contributed by atoms with Gasteiger partial charge in [-0.1, -0.05) is 27.2 Å². The Bertz CT molecular complexity index is 973. The Labute approximate surface area is 277 Å². The first-order valence-corrected chi connectivity index (χ1v) is 19.3. The van der Waals surface area contributed by atoms with Gasteiger partial charge in [0.1, 0.15) is 12.2 Å². The summed E-state index contributed by atoms with van der Waals surface area (Å²) in [7, 11) is 1.68. The van der Waals surface area contributed by atoms with E-state index in [4.69, 9.17) is 28.4 Å².